The second-order valence-electron chi connectivity index (χ2n) is 3.85. The Morgan fingerprint density at radius 1 is 1.36 bits per heavy atom. The lowest BCUT2D eigenvalue weighted by Gasteiger charge is -2.20. The van der Waals surface area contributed by atoms with E-state index < -0.39 is 0 Å². The summed E-state index contributed by atoms with van der Waals surface area (Å²) in [5.41, 5.74) is 0. The number of carbonyl (C=O) groups is 1. The van der Waals surface area contributed by atoms with Crippen LogP contribution in [0, 0.1) is 5.92 Å². The van der Waals surface area contributed by atoms with Crippen LogP contribution in [0.4, 0.5) is 0 Å². The van der Waals surface area contributed by atoms with Gasteiger partial charge in [-0.1, -0.05) is 19.3 Å². The van der Waals surface area contributed by atoms with Gasteiger partial charge in [0.05, 0.1) is 6.61 Å². The number of carbonyl (C=O) groups excluding carboxylic acids is 1. The fraction of sp³-hybridized carbons (Fsp3) is 0.900. The summed E-state index contributed by atoms with van der Waals surface area (Å²) in [7, 11) is 0. The van der Waals surface area contributed by atoms with Crippen molar-refractivity contribution < 1.29 is 9.63 Å². The zero-order valence-electron chi connectivity index (χ0n) is 8.63. The van der Waals surface area contributed by atoms with Gasteiger partial charge in [-0.15, -0.1) is 0 Å². The number of hydrogen-bond acceptors (Lipinski definition) is 3. The molecule has 4 heteroatoms. The summed E-state index contributed by atoms with van der Waals surface area (Å²) in [6, 6.07) is 0. The van der Waals surface area contributed by atoms with Gasteiger partial charge in [0.25, 0.3) is 0 Å². The van der Waals surface area contributed by atoms with Gasteiger partial charge in [0, 0.05) is 12.5 Å². The Balaban J connectivity index is 2.07. The number of hydrogen-bond donors (Lipinski definition) is 2. The standard InChI is InChI=1S/C10H20N2O2/c11-14-8-4-7-12-10(13)9-5-2-1-3-6-9/h9H,1-8,11H2,(H,12,13). The molecule has 0 aromatic carbocycles. The van der Waals surface area contributed by atoms with Crippen LogP contribution < -0.4 is 11.2 Å². The van der Waals surface area contributed by atoms with E-state index in [0.717, 1.165) is 19.3 Å². The molecule has 4 nitrogen and oxygen atoms in total. The third-order valence-corrected chi connectivity index (χ3v) is 2.71. The third kappa shape index (κ3) is 4.07. The summed E-state index contributed by atoms with van der Waals surface area (Å²) in [5, 5.41) is 2.91. The first-order chi connectivity index (χ1) is 6.84. The first kappa shape index (κ1) is 11.5. The summed E-state index contributed by atoms with van der Waals surface area (Å²) in [6.45, 7) is 1.18. The highest BCUT2D eigenvalue weighted by Crippen LogP contribution is 2.23. The zero-order valence-corrected chi connectivity index (χ0v) is 8.63. The maximum atomic E-state index is 11.6. The Kier molecular flexibility index (Phi) is 5.56. The fourth-order valence-corrected chi connectivity index (χ4v) is 1.88. The lowest BCUT2D eigenvalue weighted by atomic mass is 9.89. The maximum absolute atomic E-state index is 11.6. The van der Waals surface area contributed by atoms with Crippen molar-refractivity contribution >= 4 is 5.91 Å². The largest absolute Gasteiger partial charge is 0.356 e. The molecule has 3 N–H and O–H groups in total. The summed E-state index contributed by atoms with van der Waals surface area (Å²) in [4.78, 5) is 16.0. The molecule has 14 heavy (non-hydrogen) atoms. The second-order valence-corrected chi connectivity index (χ2v) is 3.85. The Morgan fingerprint density at radius 2 is 2.07 bits per heavy atom. The van der Waals surface area contributed by atoms with Crippen LogP contribution in [0.15, 0.2) is 0 Å². The van der Waals surface area contributed by atoms with Gasteiger partial charge in [-0.05, 0) is 19.3 Å². The highest BCUT2D eigenvalue weighted by Gasteiger charge is 2.20. The van der Waals surface area contributed by atoms with Gasteiger partial charge in [0.15, 0.2) is 0 Å². The molecule has 1 fully saturated rings. The van der Waals surface area contributed by atoms with Crippen LogP contribution in [0.2, 0.25) is 0 Å². The van der Waals surface area contributed by atoms with Gasteiger partial charge in [0.1, 0.15) is 0 Å². The van der Waals surface area contributed by atoms with E-state index in [1.165, 1.54) is 19.3 Å². The number of rotatable bonds is 5. The molecule has 0 saturated heterocycles. The van der Waals surface area contributed by atoms with Crippen molar-refractivity contribution in [1.82, 2.24) is 5.32 Å². The van der Waals surface area contributed by atoms with Crippen molar-refractivity contribution in [3.8, 4) is 0 Å². The Labute approximate surface area is 85.1 Å². The minimum absolute atomic E-state index is 0.210. The second kappa shape index (κ2) is 6.79. The number of amides is 1. The quantitative estimate of drug-likeness (QED) is 0.513. The molecule has 0 unspecified atom stereocenters. The topological polar surface area (TPSA) is 64.3 Å². The SMILES string of the molecule is NOCCCNC(=O)C1CCCCC1. The van der Waals surface area contributed by atoms with Crippen molar-refractivity contribution in [2.24, 2.45) is 11.8 Å². The molecule has 0 aliphatic heterocycles. The van der Waals surface area contributed by atoms with E-state index in [1.54, 1.807) is 0 Å². The highest BCUT2D eigenvalue weighted by molar-refractivity contribution is 5.78. The highest BCUT2D eigenvalue weighted by atomic mass is 16.6. The van der Waals surface area contributed by atoms with Crippen LogP contribution in [0.3, 0.4) is 0 Å². The average Bonchev–Trinajstić information content (AvgIpc) is 2.25. The molecule has 0 aromatic heterocycles. The first-order valence-electron chi connectivity index (χ1n) is 5.44. The molecule has 0 radical (unpaired) electrons. The van der Waals surface area contributed by atoms with Gasteiger partial charge in [-0.3, -0.25) is 4.79 Å². The minimum atomic E-state index is 0.210. The predicted octanol–water partition coefficient (Wildman–Crippen LogP) is 0.963. The monoisotopic (exact) mass is 200 g/mol. The maximum Gasteiger partial charge on any atom is 0.223 e. The number of nitrogens with two attached hydrogens (primary N) is 1. The van der Waals surface area contributed by atoms with Gasteiger partial charge in [-0.2, -0.15) is 0 Å². The smallest absolute Gasteiger partial charge is 0.223 e. The molecule has 82 valence electrons. The summed E-state index contributed by atoms with van der Waals surface area (Å²) >= 11 is 0. The van der Waals surface area contributed by atoms with Gasteiger partial charge in [-0.25, -0.2) is 5.90 Å². The summed E-state index contributed by atoms with van der Waals surface area (Å²) < 4.78 is 0. The van der Waals surface area contributed by atoms with Crippen molar-refractivity contribution in [3.63, 3.8) is 0 Å². The number of nitrogens with one attached hydrogen (secondary N) is 1. The molecular weight excluding hydrogens is 180 g/mol. The lowest BCUT2D eigenvalue weighted by molar-refractivity contribution is -0.125. The van der Waals surface area contributed by atoms with Crippen molar-refractivity contribution in [2.75, 3.05) is 13.2 Å². The lowest BCUT2D eigenvalue weighted by Crippen LogP contribution is -2.33. The predicted molar refractivity (Wildman–Crippen MR) is 54.3 cm³/mol. The van der Waals surface area contributed by atoms with Crippen LogP contribution in [0.1, 0.15) is 38.5 Å². The van der Waals surface area contributed by atoms with E-state index in [9.17, 15) is 4.79 Å². The fourth-order valence-electron chi connectivity index (χ4n) is 1.88. The van der Waals surface area contributed by atoms with Gasteiger partial charge in [0.2, 0.25) is 5.91 Å². The molecule has 1 rings (SSSR count). The molecule has 1 aliphatic rings. The van der Waals surface area contributed by atoms with Gasteiger partial charge >= 0.3 is 0 Å². The molecule has 0 atom stereocenters. The molecule has 0 heterocycles. The molecule has 0 bridgehead atoms. The Bertz CT molecular complexity index is 168. The van der Waals surface area contributed by atoms with E-state index in [2.05, 4.69) is 10.2 Å². The van der Waals surface area contributed by atoms with Crippen LogP contribution >= 0.6 is 0 Å². The molecular formula is C10H20N2O2. The first-order valence-corrected chi connectivity index (χ1v) is 5.44. The minimum Gasteiger partial charge on any atom is -0.356 e. The van der Waals surface area contributed by atoms with Crippen molar-refractivity contribution in [2.45, 2.75) is 38.5 Å². The van der Waals surface area contributed by atoms with Crippen LogP contribution in [-0.2, 0) is 9.63 Å². The summed E-state index contributed by atoms with van der Waals surface area (Å²) in [5.74, 6) is 5.34. The van der Waals surface area contributed by atoms with Gasteiger partial charge < -0.3 is 10.2 Å². The Hall–Kier alpha value is -0.610. The van der Waals surface area contributed by atoms with Crippen molar-refractivity contribution in [1.29, 1.82) is 0 Å². The van der Waals surface area contributed by atoms with E-state index >= 15 is 0 Å². The Morgan fingerprint density at radius 3 is 2.71 bits per heavy atom. The molecule has 0 aromatic rings. The van der Waals surface area contributed by atoms with E-state index in [-0.39, 0.29) is 11.8 Å². The van der Waals surface area contributed by atoms with E-state index in [0.29, 0.717) is 13.2 Å². The normalized spacial score (nSPS) is 18.1. The zero-order chi connectivity index (χ0) is 10.2. The molecule has 1 amide bonds. The van der Waals surface area contributed by atoms with Crippen LogP contribution in [-0.4, -0.2) is 19.1 Å². The van der Waals surface area contributed by atoms with Crippen LogP contribution in [0.5, 0.6) is 0 Å². The third-order valence-electron chi connectivity index (χ3n) is 2.71. The van der Waals surface area contributed by atoms with E-state index in [1.807, 2.05) is 0 Å². The average molecular weight is 200 g/mol. The van der Waals surface area contributed by atoms with Crippen LogP contribution in [0.25, 0.3) is 0 Å². The molecule has 0 spiro atoms. The summed E-state index contributed by atoms with van der Waals surface area (Å²) in [6.07, 6.45) is 6.58. The molecule has 1 aliphatic carbocycles. The van der Waals surface area contributed by atoms with Crippen molar-refractivity contribution in [3.05, 3.63) is 0 Å². The molecule has 1 saturated carbocycles. The van der Waals surface area contributed by atoms with E-state index in [4.69, 9.17) is 5.90 Å².